The Labute approximate surface area is 208 Å². The molecule has 0 amide bonds. The van der Waals surface area contributed by atoms with Gasteiger partial charge >= 0.3 is 0 Å². The number of benzene rings is 1. The Bertz CT molecular complexity index is 1410. The number of hydrogen-bond acceptors (Lipinski definition) is 9. The number of aromatic nitrogens is 2. The van der Waals surface area contributed by atoms with Gasteiger partial charge in [-0.1, -0.05) is 26.8 Å². The summed E-state index contributed by atoms with van der Waals surface area (Å²) in [6.07, 6.45) is 5.90. The van der Waals surface area contributed by atoms with Crippen LogP contribution in [0.5, 0.6) is 0 Å². The normalized spacial score (nSPS) is 21.6. The minimum atomic E-state index is -3.49. The molecule has 1 atom stereocenters. The lowest BCUT2D eigenvalue weighted by Gasteiger charge is -2.46. The highest BCUT2D eigenvalue weighted by atomic mass is 32.2. The smallest absolute Gasteiger partial charge is 0.198 e. The molecule has 2 aromatic heterocycles. The van der Waals surface area contributed by atoms with Gasteiger partial charge in [-0.3, -0.25) is 0 Å². The van der Waals surface area contributed by atoms with Gasteiger partial charge in [-0.25, -0.2) is 27.8 Å². The second kappa shape index (κ2) is 8.49. The molecule has 1 aromatic carbocycles. The zero-order valence-electron chi connectivity index (χ0n) is 20.1. The van der Waals surface area contributed by atoms with Gasteiger partial charge in [0.25, 0.3) is 0 Å². The first kappa shape index (κ1) is 24.1. The highest BCUT2D eigenvalue weighted by molar-refractivity contribution is 7.90. The monoisotopic (exact) mass is 517 g/mol. The molecule has 2 aliphatic heterocycles. The van der Waals surface area contributed by atoms with Crippen molar-refractivity contribution in [3.63, 3.8) is 0 Å². The molecule has 1 saturated heterocycles. The maximum absolute atomic E-state index is 14.9. The zero-order valence-corrected chi connectivity index (χ0v) is 21.7. The Morgan fingerprint density at radius 1 is 1.20 bits per heavy atom. The van der Waals surface area contributed by atoms with Crippen molar-refractivity contribution in [1.82, 2.24) is 15.4 Å². The van der Waals surface area contributed by atoms with Crippen molar-refractivity contribution in [1.29, 1.82) is 0 Å². The van der Waals surface area contributed by atoms with Crippen LogP contribution < -0.4 is 10.4 Å². The van der Waals surface area contributed by atoms with Crippen LogP contribution in [0.2, 0.25) is 0 Å². The van der Waals surface area contributed by atoms with E-state index < -0.39 is 21.3 Å². The second-order valence-corrected chi connectivity index (χ2v) is 13.1. The lowest BCUT2D eigenvalue weighted by Crippen LogP contribution is -2.58. The molecule has 35 heavy (non-hydrogen) atoms. The third kappa shape index (κ3) is 4.09. The van der Waals surface area contributed by atoms with Crippen LogP contribution in [-0.2, 0) is 14.7 Å². The first-order valence-corrected chi connectivity index (χ1v) is 14.2. The highest BCUT2D eigenvalue weighted by Crippen LogP contribution is 2.45. The van der Waals surface area contributed by atoms with Crippen molar-refractivity contribution in [2.24, 2.45) is 16.3 Å². The number of nitrogens with zero attached hydrogens (tertiary/aromatic N) is 4. The summed E-state index contributed by atoms with van der Waals surface area (Å²) in [6.45, 7) is 8.11. The maximum Gasteiger partial charge on any atom is 0.198 e. The summed E-state index contributed by atoms with van der Waals surface area (Å²) in [4.78, 5) is 21.3. The van der Waals surface area contributed by atoms with E-state index >= 15 is 0 Å². The SMILES string of the molecule is CC(C)(C)C1(C2CCN(c3ncnc4c(-c5ccc(S(C)(=O)=O)cc5F)csc34)CC2)N=CON1. The maximum atomic E-state index is 14.9. The summed E-state index contributed by atoms with van der Waals surface area (Å²) >= 11 is 1.47. The van der Waals surface area contributed by atoms with E-state index in [2.05, 4.69) is 41.1 Å². The molecule has 0 radical (unpaired) electrons. The number of aliphatic imine (C=N–C) groups is 1. The summed E-state index contributed by atoms with van der Waals surface area (Å²) < 4.78 is 39.4. The van der Waals surface area contributed by atoms with E-state index in [1.165, 1.54) is 36.2 Å². The Morgan fingerprint density at radius 3 is 2.54 bits per heavy atom. The van der Waals surface area contributed by atoms with Gasteiger partial charge in [0.05, 0.1) is 15.1 Å². The van der Waals surface area contributed by atoms with Crippen LogP contribution in [0.4, 0.5) is 10.2 Å². The van der Waals surface area contributed by atoms with Crippen molar-refractivity contribution in [2.75, 3.05) is 24.2 Å². The number of piperidine rings is 1. The fourth-order valence-electron chi connectivity index (χ4n) is 5.11. The van der Waals surface area contributed by atoms with E-state index in [-0.39, 0.29) is 10.3 Å². The molecule has 1 fully saturated rings. The molecule has 0 bridgehead atoms. The Balaban J connectivity index is 1.43. The standard InChI is InChI=1S/C24H28FN5O3S2/c1-23(2,3)24(28-14-33-29-24)15-7-9-30(10-8-15)22-21-20(26-13-27-22)18(12-34-21)17-6-5-16(11-19(17)25)35(4,31)32/h5-6,11-15,29H,7-10H2,1-4H3. The average molecular weight is 518 g/mol. The first-order chi connectivity index (χ1) is 16.5. The molecule has 5 rings (SSSR count). The molecule has 0 aliphatic carbocycles. The van der Waals surface area contributed by atoms with Crippen LogP contribution in [0.25, 0.3) is 21.3 Å². The molecule has 4 heterocycles. The lowest BCUT2D eigenvalue weighted by atomic mass is 9.70. The van der Waals surface area contributed by atoms with Crippen LogP contribution in [0, 0.1) is 17.2 Å². The molecule has 1 unspecified atom stereocenters. The topological polar surface area (TPSA) is 96.8 Å². The molecule has 2 aliphatic rings. The minimum absolute atomic E-state index is 0.0454. The van der Waals surface area contributed by atoms with Crippen LogP contribution in [0.15, 0.2) is 39.8 Å². The Kier molecular flexibility index (Phi) is 5.84. The van der Waals surface area contributed by atoms with E-state index in [1.54, 1.807) is 0 Å². The van der Waals surface area contributed by atoms with E-state index in [9.17, 15) is 12.8 Å². The first-order valence-electron chi connectivity index (χ1n) is 11.4. The number of halogens is 1. The Hall–Kier alpha value is -2.63. The zero-order chi connectivity index (χ0) is 25.0. The van der Waals surface area contributed by atoms with E-state index in [1.807, 2.05) is 5.38 Å². The van der Waals surface area contributed by atoms with Crippen LogP contribution >= 0.6 is 11.3 Å². The van der Waals surface area contributed by atoms with Crippen LogP contribution in [0.1, 0.15) is 33.6 Å². The highest BCUT2D eigenvalue weighted by Gasteiger charge is 2.51. The largest absolute Gasteiger partial charge is 0.394 e. The van der Waals surface area contributed by atoms with Gasteiger partial charge < -0.3 is 9.74 Å². The van der Waals surface area contributed by atoms with Crippen molar-refractivity contribution in [2.45, 2.75) is 44.2 Å². The minimum Gasteiger partial charge on any atom is -0.394 e. The molecule has 186 valence electrons. The van der Waals surface area contributed by atoms with Gasteiger partial charge in [0.15, 0.2) is 21.9 Å². The number of anilines is 1. The third-order valence-electron chi connectivity index (χ3n) is 7.05. The molecular weight excluding hydrogens is 489 g/mol. The summed E-state index contributed by atoms with van der Waals surface area (Å²) in [5, 5.41) is 1.86. The van der Waals surface area contributed by atoms with E-state index in [4.69, 9.17) is 9.83 Å². The number of hydroxylamine groups is 1. The number of thiophene rings is 1. The predicted molar refractivity (Wildman–Crippen MR) is 136 cm³/mol. The average Bonchev–Trinajstić information content (AvgIpc) is 3.47. The summed E-state index contributed by atoms with van der Waals surface area (Å²) in [5.41, 5.74) is 4.20. The molecule has 8 nitrogen and oxygen atoms in total. The molecule has 0 spiro atoms. The summed E-state index contributed by atoms with van der Waals surface area (Å²) in [5.74, 6) is 0.547. The van der Waals surface area contributed by atoms with Crippen molar-refractivity contribution in [3.05, 3.63) is 35.7 Å². The fourth-order valence-corrected chi connectivity index (χ4v) is 6.78. The number of hydrogen-bond donors (Lipinski definition) is 1. The Morgan fingerprint density at radius 2 is 1.94 bits per heavy atom. The van der Waals surface area contributed by atoms with Gasteiger partial charge in [0, 0.05) is 47.2 Å². The molecular formula is C24H28FN5O3S2. The number of sulfone groups is 1. The van der Waals surface area contributed by atoms with Gasteiger partial charge in [0.1, 0.15) is 18.0 Å². The fraction of sp³-hybridized carbons (Fsp3) is 0.458. The molecule has 1 N–H and O–H groups in total. The third-order valence-corrected chi connectivity index (χ3v) is 9.12. The van der Waals surface area contributed by atoms with Crippen molar-refractivity contribution < 1.29 is 17.6 Å². The summed E-state index contributed by atoms with van der Waals surface area (Å²) in [7, 11) is -3.49. The van der Waals surface area contributed by atoms with Gasteiger partial charge in [-0.15, -0.1) is 16.8 Å². The van der Waals surface area contributed by atoms with Crippen molar-refractivity contribution >= 4 is 43.6 Å². The van der Waals surface area contributed by atoms with Crippen LogP contribution in [-0.4, -0.2) is 49.8 Å². The van der Waals surface area contributed by atoms with Gasteiger partial charge in [0.2, 0.25) is 0 Å². The number of rotatable bonds is 4. The van der Waals surface area contributed by atoms with E-state index in [0.717, 1.165) is 48.8 Å². The number of fused-ring (bicyclic) bond motifs is 1. The molecule has 11 heteroatoms. The lowest BCUT2D eigenvalue weighted by molar-refractivity contribution is -0.00988. The van der Waals surface area contributed by atoms with Crippen molar-refractivity contribution in [3.8, 4) is 11.1 Å². The van der Waals surface area contributed by atoms with E-state index in [0.29, 0.717) is 22.6 Å². The van der Waals surface area contributed by atoms with Gasteiger partial charge in [-0.2, -0.15) is 0 Å². The number of nitrogens with one attached hydrogen (secondary N) is 1. The molecule has 3 aromatic rings. The summed E-state index contributed by atoms with van der Waals surface area (Å²) in [6, 6.07) is 4.00. The quantitative estimate of drug-likeness (QED) is 0.547. The molecule has 0 saturated carbocycles. The second-order valence-electron chi connectivity index (χ2n) is 10.2. The van der Waals surface area contributed by atoms with Gasteiger partial charge in [-0.05, 0) is 25.0 Å². The van der Waals surface area contributed by atoms with Crippen LogP contribution in [0.3, 0.4) is 0 Å². The predicted octanol–water partition coefficient (Wildman–Crippen LogP) is 4.42.